The molecule has 0 saturated carbocycles. The number of aliphatic carboxylic acids is 1. The summed E-state index contributed by atoms with van der Waals surface area (Å²) in [5, 5.41) is 10.6. The number of rotatable bonds is 5. The number of carboxylic acid groups (broad SMARTS) is 1. The van der Waals surface area contributed by atoms with Gasteiger partial charge in [0.2, 0.25) is 0 Å². The number of aryl methyl sites for hydroxylation is 1. The number of hydrogen-bond acceptors (Lipinski definition) is 4. The minimum absolute atomic E-state index is 0.265. The Bertz CT molecular complexity index is 610. The van der Waals surface area contributed by atoms with E-state index in [4.69, 9.17) is 5.11 Å². The van der Waals surface area contributed by atoms with E-state index >= 15 is 0 Å². The molecule has 0 aliphatic heterocycles. The van der Waals surface area contributed by atoms with Crippen molar-refractivity contribution in [2.24, 2.45) is 0 Å². The van der Waals surface area contributed by atoms with Gasteiger partial charge in [-0.2, -0.15) is 4.37 Å². The van der Waals surface area contributed by atoms with Gasteiger partial charge in [-0.3, -0.25) is 9.59 Å². The molecule has 1 N–H and O–H groups in total. The van der Waals surface area contributed by atoms with E-state index in [1.54, 1.807) is 12.3 Å². The summed E-state index contributed by atoms with van der Waals surface area (Å²) >= 11 is 1.19. The largest absolute Gasteiger partial charge is 0.480 e. The molecule has 2 rings (SSSR count). The fraction of sp³-hybridized carbons (Fsp3) is 0.214. The zero-order valence-electron chi connectivity index (χ0n) is 10.9. The zero-order valence-corrected chi connectivity index (χ0v) is 11.8. The molecule has 1 heterocycles. The minimum atomic E-state index is -1.03. The van der Waals surface area contributed by atoms with Gasteiger partial charge in [0.05, 0.1) is 11.3 Å². The van der Waals surface area contributed by atoms with Crippen LogP contribution < -0.4 is 0 Å². The Labute approximate surface area is 120 Å². The van der Waals surface area contributed by atoms with Gasteiger partial charge in [0.1, 0.15) is 6.54 Å². The molecule has 6 heteroatoms. The van der Waals surface area contributed by atoms with Gasteiger partial charge in [0.15, 0.2) is 0 Å². The summed E-state index contributed by atoms with van der Waals surface area (Å²) in [5.41, 5.74) is 1.98. The molecule has 0 unspecified atom stereocenters. The molecule has 0 saturated heterocycles. The van der Waals surface area contributed by atoms with E-state index < -0.39 is 5.97 Å². The Kier molecular flexibility index (Phi) is 4.47. The third-order valence-corrected chi connectivity index (χ3v) is 3.53. The van der Waals surface area contributed by atoms with Crippen molar-refractivity contribution in [1.82, 2.24) is 9.27 Å². The SMILES string of the molecule is Cc1nscc1C(=O)N(CC(=O)O)Cc1ccccc1. The topological polar surface area (TPSA) is 70.5 Å². The number of carboxylic acids is 1. The highest BCUT2D eigenvalue weighted by molar-refractivity contribution is 7.03. The van der Waals surface area contributed by atoms with Crippen molar-refractivity contribution >= 4 is 23.4 Å². The Morgan fingerprint density at radius 2 is 2.00 bits per heavy atom. The maximum absolute atomic E-state index is 12.4. The number of carbonyl (C=O) groups is 2. The van der Waals surface area contributed by atoms with Crippen LogP contribution in [0.3, 0.4) is 0 Å². The van der Waals surface area contributed by atoms with Crippen LogP contribution in [0.5, 0.6) is 0 Å². The summed E-state index contributed by atoms with van der Waals surface area (Å²) in [6.07, 6.45) is 0. The van der Waals surface area contributed by atoms with Gasteiger partial charge in [-0.05, 0) is 24.0 Å². The predicted molar refractivity (Wildman–Crippen MR) is 75.7 cm³/mol. The molecule has 20 heavy (non-hydrogen) atoms. The van der Waals surface area contributed by atoms with E-state index in [1.165, 1.54) is 16.4 Å². The van der Waals surface area contributed by atoms with Crippen molar-refractivity contribution < 1.29 is 14.7 Å². The van der Waals surface area contributed by atoms with Crippen LogP contribution in [-0.4, -0.2) is 32.8 Å². The van der Waals surface area contributed by atoms with Gasteiger partial charge in [-0.1, -0.05) is 30.3 Å². The highest BCUT2D eigenvalue weighted by Crippen LogP contribution is 2.14. The Morgan fingerprint density at radius 3 is 2.55 bits per heavy atom. The van der Waals surface area contributed by atoms with Crippen LogP contribution >= 0.6 is 11.5 Å². The van der Waals surface area contributed by atoms with E-state index in [9.17, 15) is 9.59 Å². The number of amides is 1. The molecule has 1 aromatic carbocycles. The molecule has 0 radical (unpaired) electrons. The quantitative estimate of drug-likeness (QED) is 0.916. The van der Waals surface area contributed by atoms with E-state index in [-0.39, 0.29) is 19.0 Å². The molecule has 1 amide bonds. The first-order chi connectivity index (χ1) is 9.58. The van der Waals surface area contributed by atoms with Gasteiger partial charge in [0, 0.05) is 11.9 Å². The van der Waals surface area contributed by atoms with Crippen molar-refractivity contribution in [3.8, 4) is 0 Å². The second-order valence-corrected chi connectivity index (χ2v) is 4.98. The van der Waals surface area contributed by atoms with Crippen LogP contribution in [0.4, 0.5) is 0 Å². The fourth-order valence-electron chi connectivity index (χ4n) is 1.83. The van der Waals surface area contributed by atoms with Crippen LogP contribution in [0.25, 0.3) is 0 Å². The Balaban J connectivity index is 2.21. The number of carbonyl (C=O) groups excluding carboxylic acids is 1. The molecule has 0 atom stereocenters. The first-order valence-electron chi connectivity index (χ1n) is 6.04. The van der Waals surface area contributed by atoms with E-state index in [0.29, 0.717) is 11.3 Å². The van der Waals surface area contributed by atoms with Gasteiger partial charge in [-0.15, -0.1) is 0 Å². The molecule has 0 aliphatic rings. The molecule has 2 aromatic rings. The Morgan fingerprint density at radius 1 is 1.30 bits per heavy atom. The molecule has 0 fully saturated rings. The maximum atomic E-state index is 12.4. The normalized spacial score (nSPS) is 10.2. The minimum Gasteiger partial charge on any atom is -0.480 e. The summed E-state index contributed by atoms with van der Waals surface area (Å²) in [7, 11) is 0. The Hall–Kier alpha value is -2.21. The first-order valence-corrected chi connectivity index (χ1v) is 6.87. The number of nitrogens with zero attached hydrogens (tertiary/aromatic N) is 2. The lowest BCUT2D eigenvalue weighted by Crippen LogP contribution is -2.35. The summed E-state index contributed by atoms with van der Waals surface area (Å²) in [4.78, 5) is 24.7. The second kappa shape index (κ2) is 6.29. The van der Waals surface area contributed by atoms with E-state index in [1.807, 2.05) is 30.3 Å². The molecule has 1 aromatic heterocycles. The van der Waals surface area contributed by atoms with Crippen molar-refractivity contribution in [1.29, 1.82) is 0 Å². The molecule has 0 bridgehead atoms. The van der Waals surface area contributed by atoms with Crippen molar-refractivity contribution in [3.05, 3.63) is 52.5 Å². The summed E-state index contributed by atoms with van der Waals surface area (Å²) in [6, 6.07) is 9.31. The van der Waals surface area contributed by atoms with Crippen LogP contribution in [-0.2, 0) is 11.3 Å². The third kappa shape index (κ3) is 3.42. The molecular weight excluding hydrogens is 276 g/mol. The van der Waals surface area contributed by atoms with Crippen molar-refractivity contribution in [2.75, 3.05) is 6.54 Å². The monoisotopic (exact) mass is 290 g/mol. The van der Waals surface area contributed by atoms with Crippen LogP contribution in [0.15, 0.2) is 35.7 Å². The van der Waals surface area contributed by atoms with E-state index in [0.717, 1.165) is 5.56 Å². The average Bonchev–Trinajstić information content (AvgIpc) is 2.84. The lowest BCUT2D eigenvalue weighted by atomic mass is 10.2. The lowest BCUT2D eigenvalue weighted by Gasteiger charge is -2.20. The summed E-state index contributed by atoms with van der Waals surface area (Å²) in [5.74, 6) is -1.34. The molecule has 0 spiro atoms. The summed E-state index contributed by atoms with van der Waals surface area (Å²) in [6.45, 7) is 1.68. The molecule has 5 nitrogen and oxygen atoms in total. The van der Waals surface area contributed by atoms with Crippen molar-refractivity contribution in [3.63, 3.8) is 0 Å². The molecule has 0 aliphatic carbocycles. The van der Waals surface area contributed by atoms with Gasteiger partial charge < -0.3 is 10.0 Å². The van der Waals surface area contributed by atoms with E-state index in [2.05, 4.69) is 4.37 Å². The standard InChI is InChI=1S/C14H14N2O3S/c1-10-12(9-20-15-10)14(19)16(8-13(17)18)7-11-5-3-2-4-6-11/h2-6,9H,7-8H2,1H3,(H,17,18). The maximum Gasteiger partial charge on any atom is 0.323 e. The van der Waals surface area contributed by atoms with Crippen molar-refractivity contribution in [2.45, 2.75) is 13.5 Å². The fourth-order valence-corrected chi connectivity index (χ4v) is 2.52. The molecular formula is C14H14N2O3S. The average molecular weight is 290 g/mol. The predicted octanol–water partition coefficient (Wildman–Crippen LogP) is 2.18. The molecule has 104 valence electrons. The smallest absolute Gasteiger partial charge is 0.323 e. The number of aromatic nitrogens is 1. The van der Waals surface area contributed by atoms with Crippen LogP contribution in [0, 0.1) is 6.92 Å². The van der Waals surface area contributed by atoms with Crippen LogP contribution in [0.2, 0.25) is 0 Å². The number of benzene rings is 1. The highest BCUT2D eigenvalue weighted by Gasteiger charge is 2.21. The lowest BCUT2D eigenvalue weighted by molar-refractivity contribution is -0.137. The highest BCUT2D eigenvalue weighted by atomic mass is 32.1. The second-order valence-electron chi connectivity index (χ2n) is 4.35. The third-order valence-electron chi connectivity index (χ3n) is 2.81. The van der Waals surface area contributed by atoms with Gasteiger partial charge in [-0.25, -0.2) is 0 Å². The van der Waals surface area contributed by atoms with Crippen LogP contribution in [0.1, 0.15) is 21.6 Å². The van der Waals surface area contributed by atoms with Gasteiger partial charge >= 0.3 is 5.97 Å². The number of hydrogen-bond donors (Lipinski definition) is 1. The first kappa shape index (κ1) is 14.2. The zero-order chi connectivity index (χ0) is 14.5. The van der Waals surface area contributed by atoms with Gasteiger partial charge in [0.25, 0.3) is 5.91 Å². The summed E-state index contributed by atoms with van der Waals surface area (Å²) < 4.78 is 4.05.